The van der Waals surface area contributed by atoms with Crippen LogP contribution < -0.4 is 0 Å². The van der Waals surface area contributed by atoms with Crippen LogP contribution in [0.3, 0.4) is 0 Å². The zero-order valence-corrected chi connectivity index (χ0v) is 12.1. The largest absolute Gasteiger partial charge is 0.390 e. The lowest BCUT2D eigenvalue weighted by Gasteiger charge is -2.02. The summed E-state index contributed by atoms with van der Waals surface area (Å²) in [7, 11) is 0. The van der Waals surface area contributed by atoms with Crippen molar-refractivity contribution in [1.29, 1.82) is 0 Å². The quantitative estimate of drug-likeness (QED) is 0.800. The minimum Gasteiger partial charge on any atom is -0.390 e. The SMILES string of the molecule is OCc1c(Cc2ccc(Cl)cc2)nc2ccc(Cl)cn12. The lowest BCUT2D eigenvalue weighted by Crippen LogP contribution is -1.97. The van der Waals surface area contributed by atoms with E-state index < -0.39 is 0 Å². The Hall–Kier alpha value is -1.55. The monoisotopic (exact) mass is 306 g/mol. The van der Waals surface area contributed by atoms with Crippen LogP contribution in [0, 0.1) is 0 Å². The predicted octanol–water partition coefficient (Wildman–Crippen LogP) is 3.72. The Labute approximate surface area is 126 Å². The van der Waals surface area contributed by atoms with Crippen molar-refractivity contribution in [2.45, 2.75) is 13.0 Å². The molecule has 0 radical (unpaired) electrons. The fourth-order valence-corrected chi connectivity index (χ4v) is 2.51. The lowest BCUT2D eigenvalue weighted by atomic mass is 10.1. The maximum atomic E-state index is 9.59. The van der Waals surface area contributed by atoms with E-state index >= 15 is 0 Å². The number of nitrogens with zero attached hydrogens (tertiary/aromatic N) is 2. The molecule has 0 saturated carbocycles. The van der Waals surface area contributed by atoms with Gasteiger partial charge in [0.05, 0.1) is 23.0 Å². The molecule has 3 nitrogen and oxygen atoms in total. The van der Waals surface area contributed by atoms with Crippen molar-refractivity contribution in [1.82, 2.24) is 9.38 Å². The van der Waals surface area contributed by atoms with Crippen LogP contribution in [0.4, 0.5) is 0 Å². The van der Waals surface area contributed by atoms with Gasteiger partial charge in [-0.05, 0) is 29.8 Å². The maximum absolute atomic E-state index is 9.59. The van der Waals surface area contributed by atoms with Gasteiger partial charge in [-0.25, -0.2) is 4.98 Å². The van der Waals surface area contributed by atoms with Gasteiger partial charge in [-0.2, -0.15) is 0 Å². The number of rotatable bonds is 3. The molecule has 2 aromatic heterocycles. The topological polar surface area (TPSA) is 37.5 Å². The molecule has 3 aromatic rings. The number of aromatic nitrogens is 2. The van der Waals surface area contributed by atoms with Gasteiger partial charge in [0, 0.05) is 17.6 Å². The summed E-state index contributed by atoms with van der Waals surface area (Å²) in [5, 5.41) is 10.9. The zero-order valence-electron chi connectivity index (χ0n) is 10.6. The van der Waals surface area contributed by atoms with E-state index in [2.05, 4.69) is 4.98 Å². The van der Waals surface area contributed by atoms with E-state index in [-0.39, 0.29) is 6.61 Å². The Morgan fingerprint density at radius 2 is 1.70 bits per heavy atom. The molecule has 0 saturated heterocycles. The molecule has 0 atom stereocenters. The summed E-state index contributed by atoms with van der Waals surface area (Å²) >= 11 is 11.9. The minimum absolute atomic E-state index is 0.0789. The van der Waals surface area contributed by atoms with Gasteiger partial charge in [-0.3, -0.25) is 4.40 Å². The molecule has 3 rings (SSSR count). The van der Waals surface area contributed by atoms with Crippen molar-refractivity contribution in [3.05, 3.63) is 69.6 Å². The van der Waals surface area contributed by atoms with Gasteiger partial charge in [0.2, 0.25) is 0 Å². The molecule has 20 heavy (non-hydrogen) atoms. The molecule has 0 spiro atoms. The van der Waals surface area contributed by atoms with Gasteiger partial charge in [-0.15, -0.1) is 0 Å². The molecule has 0 aliphatic heterocycles. The van der Waals surface area contributed by atoms with E-state index in [4.69, 9.17) is 23.2 Å². The first-order valence-electron chi connectivity index (χ1n) is 6.18. The number of fused-ring (bicyclic) bond motifs is 1. The number of hydrogen-bond acceptors (Lipinski definition) is 2. The second kappa shape index (κ2) is 5.44. The summed E-state index contributed by atoms with van der Waals surface area (Å²) < 4.78 is 1.83. The number of hydrogen-bond donors (Lipinski definition) is 1. The Morgan fingerprint density at radius 1 is 1.00 bits per heavy atom. The van der Waals surface area contributed by atoms with E-state index in [0.29, 0.717) is 16.5 Å². The van der Waals surface area contributed by atoms with Crippen molar-refractivity contribution in [2.75, 3.05) is 0 Å². The molecule has 0 aliphatic rings. The molecule has 0 fully saturated rings. The average Bonchev–Trinajstić information content (AvgIpc) is 2.78. The van der Waals surface area contributed by atoms with Crippen LogP contribution >= 0.6 is 23.2 Å². The molecule has 0 bridgehead atoms. The highest BCUT2D eigenvalue weighted by Gasteiger charge is 2.12. The molecule has 1 N–H and O–H groups in total. The van der Waals surface area contributed by atoms with Crippen LogP contribution in [0.15, 0.2) is 42.6 Å². The van der Waals surface area contributed by atoms with Crippen LogP contribution in [0.5, 0.6) is 0 Å². The van der Waals surface area contributed by atoms with Crippen molar-refractivity contribution >= 4 is 28.8 Å². The Bertz CT molecular complexity index is 750. The second-order valence-corrected chi connectivity index (χ2v) is 5.41. The summed E-state index contributed by atoms with van der Waals surface area (Å²) in [5.41, 5.74) is 3.48. The van der Waals surface area contributed by atoms with Crippen LogP contribution in [-0.2, 0) is 13.0 Å². The first-order valence-corrected chi connectivity index (χ1v) is 6.93. The van der Waals surface area contributed by atoms with Crippen molar-refractivity contribution in [2.24, 2.45) is 0 Å². The van der Waals surface area contributed by atoms with Gasteiger partial charge in [0.25, 0.3) is 0 Å². The summed E-state index contributed by atoms with van der Waals surface area (Å²) in [6.07, 6.45) is 2.41. The molecule has 2 heterocycles. The molecule has 0 amide bonds. The number of pyridine rings is 1. The summed E-state index contributed by atoms with van der Waals surface area (Å²) in [6, 6.07) is 11.2. The third kappa shape index (κ3) is 2.52. The van der Waals surface area contributed by atoms with Gasteiger partial charge in [-0.1, -0.05) is 35.3 Å². The molecule has 1 aromatic carbocycles. The number of halogens is 2. The third-order valence-electron chi connectivity index (χ3n) is 3.20. The van der Waals surface area contributed by atoms with Crippen LogP contribution in [-0.4, -0.2) is 14.5 Å². The first kappa shape index (κ1) is 13.4. The number of benzene rings is 1. The van der Waals surface area contributed by atoms with Crippen molar-refractivity contribution in [3.8, 4) is 0 Å². The summed E-state index contributed by atoms with van der Waals surface area (Å²) in [6.45, 7) is -0.0789. The lowest BCUT2D eigenvalue weighted by molar-refractivity contribution is 0.274. The minimum atomic E-state index is -0.0789. The first-order chi connectivity index (χ1) is 9.67. The normalized spacial score (nSPS) is 11.2. The van der Waals surface area contributed by atoms with E-state index in [9.17, 15) is 5.11 Å². The fourth-order valence-electron chi connectivity index (χ4n) is 2.22. The number of aliphatic hydroxyl groups excluding tert-OH is 1. The van der Waals surface area contributed by atoms with Crippen molar-refractivity contribution < 1.29 is 5.11 Å². The predicted molar refractivity (Wildman–Crippen MR) is 80.4 cm³/mol. The Morgan fingerprint density at radius 3 is 2.40 bits per heavy atom. The third-order valence-corrected chi connectivity index (χ3v) is 3.67. The maximum Gasteiger partial charge on any atom is 0.137 e. The van der Waals surface area contributed by atoms with E-state index in [1.165, 1.54) is 0 Å². The smallest absolute Gasteiger partial charge is 0.137 e. The van der Waals surface area contributed by atoms with Crippen LogP contribution in [0.25, 0.3) is 5.65 Å². The second-order valence-electron chi connectivity index (χ2n) is 4.54. The summed E-state index contributed by atoms with van der Waals surface area (Å²) in [4.78, 5) is 4.55. The van der Waals surface area contributed by atoms with Gasteiger partial charge >= 0.3 is 0 Å². The van der Waals surface area contributed by atoms with Crippen LogP contribution in [0.2, 0.25) is 10.0 Å². The fraction of sp³-hybridized carbons (Fsp3) is 0.133. The molecule has 0 aliphatic carbocycles. The van der Waals surface area contributed by atoms with Gasteiger partial charge < -0.3 is 5.11 Å². The highest BCUT2D eigenvalue weighted by Crippen LogP contribution is 2.20. The molecule has 102 valence electrons. The highest BCUT2D eigenvalue weighted by atomic mass is 35.5. The molecular formula is C15H12Cl2N2O. The Balaban J connectivity index is 2.04. The molecule has 0 unspecified atom stereocenters. The van der Waals surface area contributed by atoms with E-state index in [1.807, 2.05) is 34.7 Å². The summed E-state index contributed by atoms with van der Waals surface area (Å²) in [5.74, 6) is 0. The van der Waals surface area contributed by atoms with E-state index in [0.717, 1.165) is 22.6 Å². The number of imidazole rings is 1. The van der Waals surface area contributed by atoms with Crippen LogP contribution in [0.1, 0.15) is 17.0 Å². The van der Waals surface area contributed by atoms with Crippen molar-refractivity contribution in [3.63, 3.8) is 0 Å². The average molecular weight is 307 g/mol. The zero-order chi connectivity index (χ0) is 14.1. The molecular weight excluding hydrogens is 295 g/mol. The molecule has 5 heteroatoms. The Kier molecular flexibility index (Phi) is 3.66. The standard InChI is InChI=1S/C15H12Cl2N2O/c16-11-3-1-10(2-4-11)7-13-14(9-20)19-8-12(17)5-6-15(19)18-13/h1-6,8,20H,7,9H2. The number of aliphatic hydroxyl groups is 1. The van der Waals surface area contributed by atoms with E-state index in [1.54, 1.807) is 12.3 Å². The van der Waals surface area contributed by atoms with Gasteiger partial charge in [0.15, 0.2) is 0 Å². The highest BCUT2D eigenvalue weighted by molar-refractivity contribution is 6.30. The van der Waals surface area contributed by atoms with Gasteiger partial charge in [0.1, 0.15) is 5.65 Å².